The molecule has 200 valence electrons. The van der Waals surface area contributed by atoms with Crippen molar-refractivity contribution >= 4 is 23.2 Å². The van der Waals surface area contributed by atoms with Gasteiger partial charge < -0.3 is 29.5 Å². The van der Waals surface area contributed by atoms with E-state index in [0.29, 0.717) is 26.1 Å². The maximum atomic E-state index is 12.4. The lowest BCUT2D eigenvalue weighted by atomic mass is 10.1. The van der Waals surface area contributed by atoms with E-state index in [1.54, 1.807) is 24.0 Å². The number of hydrogen-bond acceptors (Lipinski definition) is 6. The number of carbonyl (C=O) groups is 2. The van der Waals surface area contributed by atoms with Gasteiger partial charge in [0.15, 0.2) is 0 Å². The molecule has 0 spiro atoms. The molecule has 8 heteroatoms. The molecule has 2 heterocycles. The number of terminal acetylenes is 2. The minimum atomic E-state index is -1.80. The average Bonchev–Trinajstić information content (AvgIpc) is 3.46. The minimum Gasteiger partial charge on any atom is -0.383 e. The number of ether oxygens (including phenoxy) is 2. The van der Waals surface area contributed by atoms with E-state index in [1.807, 2.05) is 48.5 Å². The van der Waals surface area contributed by atoms with Crippen LogP contribution < -0.4 is 9.80 Å². The zero-order valence-electron chi connectivity index (χ0n) is 22.2. The maximum Gasteiger partial charge on any atom is 0.271 e. The van der Waals surface area contributed by atoms with Crippen molar-refractivity contribution in [2.45, 2.75) is 50.0 Å². The Labute approximate surface area is 224 Å². The van der Waals surface area contributed by atoms with E-state index in [-0.39, 0.29) is 12.1 Å². The Morgan fingerprint density at radius 2 is 1.16 bits per heavy atom. The van der Waals surface area contributed by atoms with Crippen LogP contribution in [0.3, 0.4) is 0 Å². The minimum absolute atomic E-state index is 0.130. The Kier molecular flexibility index (Phi) is 8.98. The number of fused-ring (bicyclic) bond motifs is 2. The summed E-state index contributed by atoms with van der Waals surface area (Å²) in [6.07, 6.45) is 11.9. The molecule has 0 saturated heterocycles. The second kappa shape index (κ2) is 11.8. The molecule has 4 atom stereocenters. The number of nitrogens with zero attached hydrogens (tertiary/aromatic N) is 2. The van der Waals surface area contributed by atoms with E-state index in [4.69, 9.17) is 22.3 Å². The molecular weight excluding hydrogens is 484 g/mol. The number of rotatable bonds is 6. The second-order valence-corrected chi connectivity index (χ2v) is 9.67. The molecular formula is C30H34N2O6. The number of benzene rings is 2. The summed E-state index contributed by atoms with van der Waals surface area (Å²) >= 11 is 0. The molecule has 4 rings (SSSR count). The van der Waals surface area contributed by atoms with Gasteiger partial charge in [0, 0.05) is 25.6 Å². The number of amides is 2. The van der Waals surface area contributed by atoms with Crippen LogP contribution in [0.4, 0.5) is 11.4 Å². The van der Waals surface area contributed by atoms with E-state index in [9.17, 15) is 19.8 Å². The van der Waals surface area contributed by atoms with Crippen LogP contribution in [0.1, 0.15) is 25.0 Å². The van der Waals surface area contributed by atoms with Crippen molar-refractivity contribution in [2.24, 2.45) is 0 Å². The van der Waals surface area contributed by atoms with E-state index < -0.39 is 23.0 Å². The van der Waals surface area contributed by atoms with Gasteiger partial charge in [0.2, 0.25) is 11.2 Å². The van der Waals surface area contributed by atoms with Crippen LogP contribution in [-0.2, 0) is 31.9 Å². The molecule has 0 fully saturated rings. The van der Waals surface area contributed by atoms with Crippen molar-refractivity contribution in [3.63, 3.8) is 0 Å². The summed E-state index contributed by atoms with van der Waals surface area (Å²) in [5.41, 5.74) is 0.110. The molecule has 0 aromatic heterocycles. The standard InChI is InChI=1S/2C15H17NO3/c2*1-4-15(2,18)14(17)16-12(10-19-3)9-11-7-5-6-8-13(11)16/h2*1,5-8,12,18H,9-10H2,2-3H3/t2*12-,15+/m00/s1. The molecule has 0 bridgehead atoms. The highest BCUT2D eigenvalue weighted by Crippen LogP contribution is 2.35. The van der Waals surface area contributed by atoms with Gasteiger partial charge in [-0.2, -0.15) is 0 Å². The molecule has 0 radical (unpaired) electrons. The van der Waals surface area contributed by atoms with Crippen LogP contribution in [0.25, 0.3) is 0 Å². The summed E-state index contributed by atoms with van der Waals surface area (Å²) in [5.74, 6) is 3.30. The fourth-order valence-electron chi connectivity index (χ4n) is 4.72. The highest BCUT2D eigenvalue weighted by atomic mass is 16.5. The van der Waals surface area contributed by atoms with Gasteiger partial charge in [-0.3, -0.25) is 9.59 Å². The second-order valence-electron chi connectivity index (χ2n) is 9.67. The SMILES string of the molecule is C#C[C@@](C)(O)C(=O)N1c2ccccc2C[C@H]1COC.C#C[C@@](C)(O)C(=O)N1c2ccccc2C[C@H]1COC. The first-order chi connectivity index (χ1) is 18.0. The molecule has 38 heavy (non-hydrogen) atoms. The number of methoxy groups -OCH3 is 2. The van der Waals surface area contributed by atoms with Crippen molar-refractivity contribution in [1.82, 2.24) is 0 Å². The smallest absolute Gasteiger partial charge is 0.271 e. The summed E-state index contributed by atoms with van der Waals surface area (Å²) in [7, 11) is 3.18. The molecule has 0 aliphatic carbocycles. The summed E-state index contributed by atoms with van der Waals surface area (Å²) in [6.45, 7) is 3.47. The molecule has 0 saturated carbocycles. The lowest BCUT2D eigenvalue weighted by Crippen LogP contribution is -2.50. The Balaban J connectivity index is 0.000000211. The summed E-state index contributed by atoms with van der Waals surface area (Å²) in [5, 5.41) is 20.0. The Hall–Kier alpha value is -3.66. The molecule has 8 nitrogen and oxygen atoms in total. The van der Waals surface area contributed by atoms with Crippen molar-refractivity contribution < 1.29 is 29.3 Å². The fourth-order valence-corrected chi connectivity index (χ4v) is 4.72. The maximum absolute atomic E-state index is 12.4. The quantitative estimate of drug-likeness (QED) is 0.568. The van der Waals surface area contributed by atoms with Gasteiger partial charge in [0.1, 0.15) is 0 Å². The van der Waals surface area contributed by atoms with Crippen molar-refractivity contribution in [3.8, 4) is 24.7 Å². The molecule has 2 aromatic carbocycles. The third-order valence-electron chi connectivity index (χ3n) is 6.69. The highest BCUT2D eigenvalue weighted by molar-refractivity contribution is 6.04. The normalized spacial score (nSPS) is 20.5. The first-order valence-electron chi connectivity index (χ1n) is 12.2. The molecule has 2 N–H and O–H groups in total. The van der Waals surface area contributed by atoms with Crippen LogP contribution in [0.15, 0.2) is 48.5 Å². The van der Waals surface area contributed by atoms with E-state index >= 15 is 0 Å². The summed E-state index contributed by atoms with van der Waals surface area (Å²) in [6, 6.07) is 15.0. The van der Waals surface area contributed by atoms with Crippen LogP contribution in [0.5, 0.6) is 0 Å². The van der Waals surface area contributed by atoms with E-state index in [0.717, 1.165) is 22.5 Å². The van der Waals surface area contributed by atoms with Crippen LogP contribution in [0, 0.1) is 24.7 Å². The summed E-state index contributed by atoms with van der Waals surface area (Å²) in [4.78, 5) is 28.0. The fraction of sp³-hybridized carbons (Fsp3) is 0.400. The van der Waals surface area contributed by atoms with E-state index in [2.05, 4.69) is 11.8 Å². The zero-order chi connectivity index (χ0) is 28.1. The Morgan fingerprint density at radius 3 is 1.47 bits per heavy atom. The molecule has 2 aromatic rings. The van der Waals surface area contributed by atoms with Crippen molar-refractivity contribution in [3.05, 3.63) is 59.7 Å². The lowest BCUT2D eigenvalue weighted by molar-refractivity contribution is -0.131. The van der Waals surface area contributed by atoms with Gasteiger partial charge in [-0.05, 0) is 49.9 Å². The average molecular weight is 519 g/mol. The number of hydrogen-bond donors (Lipinski definition) is 2. The summed E-state index contributed by atoms with van der Waals surface area (Å²) < 4.78 is 10.3. The first-order valence-corrected chi connectivity index (χ1v) is 12.2. The van der Waals surface area contributed by atoms with Gasteiger partial charge in [0.25, 0.3) is 11.8 Å². The Morgan fingerprint density at radius 1 is 0.816 bits per heavy atom. The van der Waals surface area contributed by atoms with Gasteiger partial charge in [0.05, 0.1) is 25.3 Å². The number of carbonyl (C=O) groups excluding carboxylic acids is 2. The number of anilines is 2. The predicted molar refractivity (Wildman–Crippen MR) is 146 cm³/mol. The predicted octanol–water partition coefficient (Wildman–Crippen LogP) is 1.95. The topological polar surface area (TPSA) is 99.5 Å². The third kappa shape index (κ3) is 5.75. The van der Waals surface area contributed by atoms with Gasteiger partial charge in [-0.15, -0.1) is 12.8 Å². The van der Waals surface area contributed by atoms with Gasteiger partial charge >= 0.3 is 0 Å². The first kappa shape index (κ1) is 28.9. The van der Waals surface area contributed by atoms with E-state index in [1.165, 1.54) is 13.8 Å². The lowest BCUT2D eigenvalue weighted by Gasteiger charge is -2.29. The number of aliphatic hydroxyl groups is 2. The largest absolute Gasteiger partial charge is 0.383 e. The van der Waals surface area contributed by atoms with Crippen LogP contribution in [-0.4, -0.2) is 72.7 Å². The van der Waals surface area contributed by atoms with Gasteiger partial charge in [-0.1, -0.05) is 48.2 Å². The monoisotopic (exact) mass is 518 g/mol. The van der Waals surface area contributed by atoms with Crippen molar-refractivity contribution in [1.29, 1.82) is 0 Å². The van der Waals surface area contributed by atoms with Crippen molar-refractivity contribution in [2.75, 3.05) is 37.2 Å². The van der Waals surface area contributed by atoms with Gasteiger partial charge in [-0.25, -0.2) is 0 Å². The Bertz CT molecular complexity index is 1160. The molecule has 2 aliphatic rings. The third-order valence-corrected chi connectivity index (χ3v) is 6.69. The van der Waals surface area contributed by atoms with Crippen LogP contribution in [0.2, 0.25) is 0 Å². The molecule has 0 unspecified atom stereocenters. The number of para-hydroxylation sites is 2. The highest BCUT2D eigenvalue weighted by Gasteiger charge is 2.42. The zero-order valence-corrected chi connectivity index (χ0v) is 22.2. The molecule has 2 amide bonds. The molecule has 2 aliphatic heterocycles. The van der Waals surface area contributed by atoms with Crippen LogP contribution >= 0.6 is 0 Å².